The fourth-order valence-electron chi connectivity index (χ4n) is 3.65. The summed E-state index contributed by atoms with van der Waals surface area (Å²) in [7, 11) is 3.72. The van der Waals surface area contributed by atoms with Crippen molar-refractivity contribution in [3.8, 4) is 5.75 Å². The van der Waals surface area contributed by atoms with Crippen molar-refractivity contribution < 1.29 is 14.0 Å². The third-order valence-electron chi connectivity index (χ3n) is 6.25. The van der Waals surface area contributed by atoms with Crippen LogP contribution in [0.3, 0.4) is 0 Å². The third kappa shape index (κ3) is 5.41. The van der Waals surface area contributed by atoms with Gasteiger partial charge in [0.2, 0.25) is 0 Å². The monoisotopic (exact) mass is 421 g/mol. The lowest BCUT2D eigenvalue weighted by Gasteiger charge is -2.32. The van der Waals surface area contributed by atoms with E-state index in [1.807, 2.05) is 32.3 Å². The molecule has 4 nitrogen and oxygen atoms in total. The van der Waals surface area contributed by atoms with E-state index in [9.17, 15) is 0 Å². The molecule has 1 heterocycles. The Bertz CT molecular complexity index is 873. The highest BCUT2D eigenvalue weighted by Gasteiger charge is 2.52. The van der Waals surface area contributed by atoms with Crippen LogP contribution in [0.5, 0.6) is 5.75 Å². The van der Waals surface area contributed by atoms with Crippen molar-refractivity contribution in [2.24, 2.45) is 0 Å². The van der Waals surface area contributed by atoms with Crippen LogP contribution in [-0.2, 0) is 9.31 Å². The minimum Gasteiger partial charge on any atom is -0.492 e. The fraction of sp³-hybridized carbons (Fsp3) is 0.462. The summed E-state index contributed by atoms with van der Waals surface area (Å²) in [6, 6.07) is 18.9. The Labute approximate surface area is 188 Å². The van der Waals surface area contributed by atoms with Crippen LogP contribution in [0.1, 0.15) is 52.2 Å². The van der Waals surface area contributed by atoms with Crippen molar-refractivity contribution in [2.45, 2.75) is 52.2 Å². The number of likely N-dealkylation sites (N-methyl/N-ethyl adjacent to an activating group) is 1. The number of ether oxygens (including phenoxy) is 1. The van der Waals surface area contributed by atoms with Gasteiger partial charge in [-0.1, -0.05) is 49.4 Å². The van der Waals surface area contributed by atoms with Gasteiger partial charge in [0.05, 0.1) is 11.2 Å². The summed E-state index contributed by atoms with van der Waals surface area (Å²) in [5.41, 5.74) is 3.88. The number of hydrogen-bond donors (Lipinski definition) is 0. The minimum atomic E-state index is -0.374. The quantitative estimate of drug-likeness (QED) is 0.529. The van der Waals surface area contributed by atoms with E-state index >= 15 is 0 Å². The van der Waals surface area contributed by atoms with Crippen molar-refractivity contribution in [3.63, 3.8) is 0 Å². The molecule has 0 aliphatic carbocycles. The average molecular weight is 421 g/mol. The Morgan fingerprint density at radius 3 is 1.94 bits per heavy atom. The summed E-state index contributed by atoms with van der Waals surface area (Å²) >= 11 is 0. The Hall–Kier alpha value is -2.08. The molecule has 2 aromatic rings. The first-order valence-corrected chi connectivity index (χ1v) is 11.2. The van der Waals surface area contributed by atoms with E-state index < -0.39 is 0 Å². The average Bonchev–Trinajstić information content (AvgIpc) is 2.94. The number of benzene rings is 2. The van der Waals surface area contributed by atoms with Crippen molar-refractivity contribution >= 4 is 12.7 Å². The van der Waals surface area contributed by atoms with E-state index in [0.717, 1.165) is 35.3 Å². The molecule has 0 saturated carbocycles. The number of allylic oxidation sites excluding steroid dienone is 1. The van der Waals surface area contributed by atoms with Gasteiger partial charge in [-0.15, -0.1) is 0 Å². The molecule has 0 amide bonds. The van der Waals surface area contributed by atoms with Crippen molar-refractivity contribution in [3.05, 3.63) is 71.2 Å². The first-order chi connectivity index (χ1) is 14.6. The first kappa shape index (κ1) is 23.6. The maximum Gasteiger partial charge on any atom is 0.491 e. The smallest absolute Gasteiger partial charge is 0.491 e. The molecular formula is C26H36BNO3. The first-order valence-electron chi connectivity index (χ1n) is 11.2. The molecule has 5 heteroatoms. The number of rotatable bonds is 8. The van der Waals surface area contributed by atoms with Gasteiger partial charge in [0, 0.05) is 6.54 Å². The van der Waals surface area contributed by atoms with E-state index in [4.69, 9.17) is 14.0 Å². The van der Waals surface area contributed by atoms with Gasteiger partial charge in [0.15, 0.2) is 0 Å². The second-order valence-corrected chi connectivity index (χ2v) is 9.38. The highest BCUT2D eigenvalue weighted by atomic mass is 16.7. The zero-order valence-corrected chi connectivity index (χ0v) is 20.1. The molecule has 0 unspecified atom stereocenters. The van der Waals surface area contributed by atoms with Crippen LogP contribution in [0.4, 0.5) is 0 Å². The lowest BCUT2D eigenvalue weighted by molar-refractivity contribution is 0.00578. The Morgan fingerprint density at radius 2 is 1.42 bits per heavy atom. The molecule has 0 radical (unpaired) electrons. The molecule has 3 rings (SSSR count). The topological polar surface area (TPSA) is 30.9 Å². The largest absolute Gasteiger partial charge is 0.492 e. The Morgan fingerprint density at radius 1 is 0.871 bits per heavy atom. The van der Waals surface area contributed by atoms with E-state index in [1.54, 1.807) is 0 Å². The highest BCUT2D eigenvalue weighted by Crippen LogP contribution is 2.41. The molecule has 0 N–H and O–H groups in total. The van der Waals surface area contributed by atoms with Crippen LogP contribution >= 0.6 is 0 Å². The number of hydrogen-bond acceptors (Lipinski definition) is 4. The molecule has 1 aliphatic heterocycles. The maximum absolute atomic E-state index is 6.43. The molecule has 1 fully saturated rings. The standard InChI is InChI=1S/C26H36BNO3/c1-8-23(27-30-25(2,3)26(4,5)31-27)24(20-12-10-9-11-13-20)21-14-16-22(17-15-21)29-19-18-28(6)7/h9-17H,8,18-19H2,1-7H3/b24-23+. The van der Waals surface area contributed by atoms with E-state index in [1.165, 1.54) is 5.57 Å². The molecule has 1 saturated heterocycles. The second kappa shape index (κ2) is 9.60. The van der Waals surface area contributed by atoms with Crippen LogP contribution in [0.25, 0.3) is 5.57 Å². The van der Waals surface area contributed by atoms with Gasteiger partial charge in [0.1, 0.15) is 12.4 Å². The summed E-state index contributed by atoms with van der Waals surface area (Å²) in [5, 5.41) is 0. The van der Waals surface area contributed by atoms with Crippen molar-refractivity contribution in [1.82, 2.24) is 4.90 Å². The fourth-order valence-corrected chi connectivity index (χ4v) is 3.65. The summed E-state index contributed by atoms with van der Waals surface area (Å²) in [4.78, 5) is 2.11. The van der Waals surface area contributed by atoms with Gasteiger partial charge >= 0.3 is 7.12 Å². The molecule has 1 aliphatic rings. The molecule has 0 spiro atoms. The zero-order valence-electron chi connectivity index (χ0n) is 20.1. The predicted molar refractivity (Wildman–Crippen MR) is 129 cm³/mol. The van der Waals surface area contributed by atoms with Gasteiger partial charge in [-0.3, -0.25) is 0 Å². The van der Waals surface area contributed by atoms with Crippen molar-refractivity contribution in [1.29, 1.82) is 0 Å². The third-order valence-corrected chi connectivity index (χ3v) is 6.25. The Balaban J connectivity index is 1.99. The normalized spacial score (nSPS) is 18.3. The van der Waals surface area contributed by atoms with E-state index in [2.05, 4.69) is 75.9 Å². The van der Waals surface area contributed by atoms with Crippen LogP contribution in [0, 0.1) is 0 Å². The lowest BCUT2D eigenvalue weighted by Crippen LogP contribution is -2.41. The van der Waals surface area contributed by atoms with Gasteiger partial charge in [-0.05, 0) is 82.5 Å². The molecule has 166 valence electrons. The molecule has 31 heavy (non-hydrogen) atoms. The van der Waals surface area contributed by atoms with Gasteiger partial charge in [0.25, 0.3) is 0 Å². The minimum absolute atomic E-state index is 0.371. The van der Waals surface area contributed by atoms with Crippen LogP contribution in [-0.4, -0.2) is 50.5 Å². The van der Waals surface area contributed by atoms with E-state index in [0.29, 0.717) is 6.61 Å². The zero-order chi connectivity index (χ0) is 22.6. The Kier molecular flexibility index (Phi) is 7.30. The molecule has 2 aromatic carbocycles. The van der Waals surface area contributed by atoms with Crippen LogP contribution in [0.2, 0.25) is 0 Å². The van der Waals surface area contributed by atoms with Gasteiger partial charge in [-0.25, -0.2) is 0 Å². The SMILES string of the molecule is CC/C(B1OC(C)(C)C(C)(C)O1)=C(/c1ccccc1)c1ccc(OCCN(C)C)cc1. The second-order valence-electron chi connectivity index (χ2n) is 9.38. The van der Waals surface area contributed by atoms with Crippen LogP contribution < -0.4 is 4.74 Å². The number of nitrogens with zero attached hydrogens (tertiary/aromatic N) is 1. The molecule has 0 aromatic heterocycles. The molecule has 0 bridgehead atoms. The maximum atomic E-state index is 6.43. The van der Waals surface area contributed by atoms with E-state index in [-0.39, 0.29) is 18.3 Å². The lowest BCUT2D eigenvalue weighted by atomic mass is 9.71. The van der Waals surface area contributed by atoms with Crippen LogP contribution in [0.15, 0.2) is 60.1 Å². The van der Waals surface area contributed by atoms with Crippen molar-refractivity contribution in [2.75, 3.05) is 27.2 Å². The summed E-state index contributed by atoms with van der Waals surface area (Å²) in [5.74, 6) is 0.881. The molecule has 0 atom stereocenters. The summed E-state index contributed by atoms with van der Waals surface area (Å²) in [6.45, 7) is 12.1. The van der Waals surface area contributed by atoms with Gasteiger partial charge < -0.3 is 18.9 Å². The predicted octanol–water partition coefficient (Wildman–Crippen LogP) is 5.47. The highest BCUT2D eigenvalue weighted by molar-refractivity contribution is 6.56. The summed E-state index contributed by atoms with van der Waals surface area (Å²) in [6.07, 6.45) is 0.835. The summed E-state index contributed by atoms with van der Waals surface area (Å²) < 4.78 is 18.8. The molecular weight excluding hydrogens is 385 g/mol. The van der Waals surface area contributed by atoms with Gasteiger partial charge in [-0.2, -0.15) is 0 Å².